The van der Waals surface area contributed by atoms with Crippen molar-refractivity contribution in [3.05, 3.63) is 70.6 Å². The summed E-state index contributed by atoms with van der Waals surface area (Å²) in [6, 6.07) is 17.4. The Morgan fingerprint density at radius 1 is 0.962 bits per heavy atom. The minimum atomic E-state index is -0.228. The van der Waals surface area contributed by atoms with Gasteiger partial charge in [-0.25, -0.2) is 0 Å². The molecule has 0 spiro atoms. The molecule has 134 valence electrons. The maximum atomic E-state index is 13.0. The highest BCUT2D eigenvalue weighted by Gasteiger charge is 2.39. The summed E-state index contributed by atoms with van der Waals surface area (Å²) in [5, 5.41) is 0. The van der Waals surface area contributed by atoms with E-state index in [4.69, 9.17) is 4.74 Å². The van der Waals surface area contributed by atoms with Gasteiger partial charge in [0.05, 0.1) is 10.5 Å². The zero-order valence-corrected chi connectivity index (χ0v) is 15.7. The molecular formula is C21H21NO3S. The third kappa shape index (κ3) is 3.89. The van der Waals surface area contributed by atoms with Crippen molar-refractivity contribution < 1.29 is 14.3 Å². The van der Waals surface area contributed by atoms with E-state index in [9.17, 15) is 9.59 Å². The second-order valence-corrected chi connectivity index (χ2v) is 7.18. The van der Waals surface area contributed by atoms with E-state index >= 15 is 0 Å². The van der Waals surface area contributed by atoms with Crippen LogP contribution >= 0.6 is 11.8 Å². The molecule has 0 bridgehead atoms. The van der Waals surface area contributed by atoms with Gasteiger partial charge in [0.1, 0.15) is 0 Å². The van der Waals surface area contributed by atoms with Crippen molar-refractivity contribution in [1.29, 1.82) is 0 Å². The Morgan fingerprint density at radius 3 is 2.31 bits per heavy atom. The summed E-state index contributed by atoms with van der Waals surface area (Å²) in [7, 11) is 1.61. The van der Waals surface area contributed by atoms with Crippen LogP contribution in [0.3, 0.4) is 0 Å². The fourth-order valence-corrected chi connectivity index (χ4v) is 3.83. The quantitative estimate of drug-likeness (QED) is 0.550. The summed E-state index contributed by atoms with van der Waals surface area (Å²) in [5.41, 5.74) is 2.38. The highest BCUT2D eigenvalue weighted by atomic mass is 32.2. The van der Waals surface area contributed by atoms with Gasteiger partial charge in [-0.2, -0.15) is 0 Å². The summed E-state index contributed by atoms with van der Waals surface area (Å²) in [4.78, 5) is 28.7. The molecule has 0 saturated carbocycles. The molecule has 0 atom stereocenters. The van der Waals surface area contributed by atoms with Crippen molar-refractivity contribution in [3.8, 4) is 0 Å². The van der Waals surface area contributed by atoms with Crippen LogP contribution in [0, 0.1) is 6.92 Å². The number of imide groups is 1. The molecule has 0 aromatic heterocycles. The smallest absolute Gasteiger partial charge is 0.268 e. The fourth-order valence-electron chi connectivity index (χ4n) is 2.80. The normalized spacial score (nSPS) is 14.5. The summed E-state index contributed by atoms with van der Waals surface area (Å²) >= 11 is 1.35. The molecule has 0 saturated heterocycles. The lowest BCUT2D eigenvalue weighted by Gasteiger charge is -2.14. The molecule has 5 heteroatoms. The number of carbonyl (C=O) groups is 2. The number of carbonyl (C=O) groups excluding carboxylic acids is 2. The zero-order chi connectivity index (χ0) is 18.5. The minimum Gasteiger partial charge on any atom is -0.385 e. The van der Waals surface area contributed by atoms with Gasteiger partial charge in [-0.1, -0.05) is 59.8 Å². The molecule has 1 heterocycles. The number of benzene rings is 2. The maximum Gasteiger partial charge on any atom is 0.268 e. The first-order valence-corrected chi connectivity index (χ1v) is 9.33. The average Bonchev–Trinajstić information content (AvgIpc) is 2.88. The number of hydrogen-bond donors (Lipinski definition) is 0. The van der Waals surface area contributed by atoms with Crippen molar-refractivity contribution in [2.24, 2.45) is 0 Å². The van der Waals surface area contributed by atoms with Gasteiger partial charge in [-0.15, -0.1) is 0 Å². The molecule has 2 aromatic carbocycles. The zero-order valence-electron chi connectivity index (χ0n) is 14.9. The lowest BCUT2D eigenvalue weighted by atomic mass is 10.0. The van der Waals surface area contributed by atoms with Gasteiger partial charge in [0.2, 0.25) is 0 Å². The van der Waals surface area contributed by atoms with E-state index in [1.807, 2.05) is 61.5 Å². The first-order chi connectivity index (χ1) is 12.6. The highest BCUT2D eigenvalue weighted by molar-refractivity contribution is 8.04. The number of hydrogen-bond acceptors (Lipinski definition) is 4. The molecule has 1 aliphatic heterocycles. The van der Waals surface area contributed by atoms with Crippen molar-refractivity contribution in [3.63, 3.8) is 0 Å². The number of rotatable bonds is 7. The van der Waals surface area contributed by atoms with Gasteiger partial charge < -0.3 is 4.74 Å². The molecule has 2 amide bonds. The molecule has 0 unspecified atom stereocenters. The Kier molecular flexibility index (Phi) is 5.91. The van der Waals surface area contributed by atoms with Crippen molar-refractivity contribution in [2.45, 2.75) is 18.2 Å². The third-order valence-electron chi connectivity index (χ3n) is 4.16. The molecule has 0 radical (unpaired) electrons. The first-order valence-electron chi connectivity index (χ1n) is 8.51. The topological polar surface area (TPSA) is 46.6 Å². The molecule has 0 fully saturated rings. The molecule has 2 aromatic rings. The van der Waals surface area contributed by atoms with Crippen LogP contribution in [0.5, 0.6) is 0 Å². The summed E-state index contributed by atoms with van der Waals surface area (Å²) in [6.07, 6.45) is 0.623. The van der Waals surface area contributed by atoms with E-state index in [1.54, 1.807) is 7.11 Å². The lowest BCUT2D eigenvalue weighted by Crippen LogP contribution is -2.33. The van der Waals surface area contributed by atoms with E-state index in [2.05, 4.69) is 0 Å². The first kappa shape index (κ1) is 18.4. The minimum absolute atomic E-state index is 0.226. The number of methoxy groups -OCH3 is 1. The lowest BCUT2D eigenvalue weighted by molar-refractivity contribution is -0.136. The van der Waals surface area contributed by atoms with Crippen LogP contribution in [-0.4, -0.2) is 37.0 Å². The monoisotopic (exact) mass is 367 g/mol. The van der Waals surface area contributed by atoms with Crippen molar-refractivity contribution >= 4 is 29.1 Å². The van der Waals surface area contributed by atoms with E-state index in [0.29, 0.717) is 30.1 Å². The van der Waals surface area contributed by atoms with Gasteiger partial charge in [0.25, 0.3) is 11.8 Å². The number of aryl methyl sites for hydroxylation is 1. The van der Waals surface area contributed by atoms with E-state index < -0.39 is 0 Å². The van der Waals surface area contributed by atoms with E-state index in [0.717, 1.165) is 16.0 Å². The predicted molar refractivity (Wildman–Crippen MR) is 104 cm³/mol. The van der Waals surface area contributed by atoms with Crippen LogP contribution in [0.4, 0.5) is 0 Å². The second kappa shape index (κ2) is 8.34. The standard InChI is InChI=1S/C21H21NO3S/c1-15-9-11-16(12-10-15)18-19(26-17-7-4-3-5-8-17)21(24)22(20(18)23)13-6-14-25-2/h3-5,7-12H,6,13-14H2,1-2H3. The fraction of sp³-hybridized carbons (Fsp3) is 0.238. The predicted octanol–water partition coefficient (Wildman–Crippen LogP) is 3.90. The van der Waals surface area contributed by atoms with Crippen molar-refractivity contribution in [2.75, 3.05) is 20.3 Å². The van der Waals surface area contributed by atoms with Crippen LogP contribution in [0.25, 0.3) is 5.57 Å². The van der Waals surface area contributed by atoms with Gasteiger partial charge in [-0.3, -0.25) is 14.5 Å². The van der Waals surface area contributed by atoms with Crippen LogP contribution in [0.2, 0.25) is 0 Å². The Morgan fingerprint density at radius 2 is 1.65 bits per heavy atom. The van der Waals surface area contributed by atoms with Crippen LogP contribution in [-0.2, 0) is 14.3 Å². The molecule has 26 heavy (non-hydrogen) atoms. The Labute approximate surface area is 157 Å². The van der Waals surface area contributed by atoms with Gasteiger partial charge in [0.15, 0.2) is 0 Å². The van der Waals surface area contributed by atoms with E-state index in [1.165, 1.54) is 16.7 Å². The number of amides is 2. The highest BCUT2D eigenvalue weighted by Crippen LogP contribution is 2.39. The second-order valence-electron chi connectivity index (χ2n) is 6.09. The van der Waals surface area contributed by atoms with Crippen LogP contribution < -0.4 is 0 Å². The molecule has 4 nitrogen and oxygen atoms in total. The van der Waals surface area contributed by atoms with Crippen LogP contribution in [0.1, 0.15) is 17.5 Å². The largest absolute Gasteiger partial charge is 0.385 e. The summed E-state index contributed by atoms with van der Waals surface area (Å²) < 4.78 is 5.05. The van der Waals surface area contributed by atoms with Gasteiger partial charge in [0, 0.05) is 25.2 Å². The summed E-state index contributed by atoms with van der Waals surface area (Å²) in [5.74, 6) is -0.455. The molecule has 1 aliphatic rings. The summed E-state index contributed by atoms with van der Waals surface area (Å²) in [6.45, 7) is 2.87. The number of nitrogens with zero attached hydrogens (tertiary/aromatic N) is 1. The Bertz CT molecular complexity index is 828. The maximum absolute atomic E-state index is 13.0. The average molecular weight is 367 g/mol. The molecule has 0 aliphatic carbocycles. The SMILES string of the molecule is COCCCN1C(=O)C(Sc2ccccc2)=C(c2ccc(C)cc2)C1=O. The Hall–Kier alpha value is -2.37. The van der Waals surface area contributed by atoms with Crippen LogP contribution in [0.15, 0.2) is 64.4 Å². The molecule has 0 N–H and O–H groups in total. The number of thioether (sulfide) groups is 1. The van der Waals surface area contributed by atoms with E-state index in [-0.39, 0.29) is 11.8 Å². The third-order valence-corrected chi connectivity index (χ3v) is 5.25. The van der Waals surface area contributed by atoms with Gasteiger partial charge >= 0.3 is 0 Å². The Balaban J connectivity index is 1.97. The molecule has 3 rings (SSSR count). The van der Waals surface area contributed by atoms with Gasteiger partial charge in [-0.05, 0) is 31.0 Å². The molecular weight excluding hydrogens is 346 g/mol. The van der Waals surface area contributed by atoms with Crippen molar-refractivity contribution in [1.82, 2.24) is 4.90 Å². The number of ether oxygens (including phenoxy) is 1.